The van der Waals surface area contributed by atoms with Crippen LogP contribution in [0, 0.1) is 0 Å². The van der Waals surface area contributed by atoms with Gasteiger partial charge in [0.25, 0.3) is 5.91 Å². The van der Waals surface area contributed by atoms with Gasteiger partial charge in [-0.15, -0.1) is 0 Å². The highest BCUT2D eigenvalue weighted by Crippen LogP contribution is 2.34. The minimum absolute atomic E-state index is 0.0807. The molecule has 1 saturated carbocycles. The third-order valence-electron chi connectivity index (χ3n) is 5.59. The lowest BCUT2D eigenvalue weighted by Crippen LogP contribution is -2.45. The van der Waals surface area contributed by atoms with E-state index in [0.29, 0.717) is 17.0 Å². The molecule has 5 N–H and O–H groups in total. The number of para-hydroxylation sites is 1. The Kier molecular flexibility index (Phi) is 6.02. The molecule has 3 aromatic rings. The Bertz CT molecular complexity index is 1360. The van der Waals surface area contributed by atoms with Crippen LogP contribution in [-0.2, 0) is 14.9 Å². The van der Waals surface area contributed by atoms with E-state index in [9.17, 15) is 28.5 Å². The molecule has 0 spiro atoms. The molecule has 35 heavy (non-hydrogen) atoms. The third-order valence-corrected chi connectivity index (χ3v) is 6.59. The fourth-order valence-electron chi connectivity index (χ4n) is 3.64. The highest BCUT2D eigenvalue weighted by molar-refractivity contribution is 7.88. The molecule has 14 nitrogen and oxygen atoms in total. The highest BCUT2D eigenvalue weighted by atomic mass is 32.2. The molecule has 4 atom stereocenters. The average Bonchev–Trinajstić information content (AvgIpc) is 3.46. The number of aliphatic hydroxyl groups is 2. The minimum atomic E-state index is -4.38. The van der Waals surface area contributed by atoms with Gasteiger partial charge in [-0.25, -0.2) is 14.7 Å². The summed E-state index contributed by atoms with van der Waals surface area (Å²) in [6.07, 6.45) is -0.595. The number of aromatic nitrogens is 4. The lowest BCUT2D eigenvalue weighted by molar-refractivity contribution is -0.0330. The van der Waals surface area contributed by atoms with Crippen LogP contribution in [0.4, 0.5) is 0 Å². The summed E-state index contributed by atoms with van der Waals surface area (Å²) in [6.45, 7) is -0.463. The van der Waals surface area contributed by atoms with Crippen molar-refractivity contribution in [2.75, 3.05) is 6.54 Å². The monoisotopic (exact) mass is 506 g/mol. The van der Waals surface area contributed by atoms with Crippen LogP contribution in [0.25, 0.3) is 11.2 Å². The Hall–Kier alpha value is -3.37. The first-order valence-electron chi connectivity index (χ1n) is 10.7. The first-order chi connectivity index (χ1) is 16.7. The number of aliphatic hydroxyl groups excluding tert-OH is 2. The molecule has 1 aromatic carbocycles. The second kappa shape index (κ2) is 9.01. The average molecular weight is 506 g/mol. The molecular formula is C20H22N6O8S. The van der Waals surface area contributed by atoms with Crippen LogP contribution in [0.1, 0.15) is 29.4 Å². The predicted octanol–water partition coefficient (Wildman–Crippen LogP) is -1.04. The summed E-state index contributed by atoms with van der Waals surface area (Å²) in [5, 5.41) is 30.7. The number of phenols is 1. The molecule has 1 saturated heterocycles. The van der Waals surface area contributed by atoms with Gasteiger partial charge < -0.3 is 24.8 Å². The molecule has 2 aliphatic rings. The topological polar surface area (TPSA) is 198 Å². The van der Waals surface area contributed by atoms with Crippen molar-refractivity contribution in [3.05, 3.63) is 42.5 Å². The number of rotatable bonds is 8. The van der Waals surface area contributed by atoms with Crippen molar-refractivity contribution in [1.82, 2.24) is 29.0 Å². The predicted molar refractivity (Wildman–Crippen MR) is 117 cm³/mol. The second-order valence-corrected chi connectivity index (χ2v) is 9.67. The van der Waals surface area contributed by atoms with E-state index >= 15 is 0 Å². The van der Waals surface area contributed by atoms with Gasteiger partial charge >= 0.3 is 10.2 Å². The number of phenolic OH excluding ortho intramolecular Hbond substituents is 1. The number of fused-ring (bicyclic) bond motifs is 1. The van der Waals surface area contributed by atoms with Crippen molar-refractivity contribution < 1.29 is 38.0 Å². The van der Waals surface area contributed by atoms with E-state index in [1.54, 1.807) is 4.72 Å². The summed E-state index contributed by atoms with van der Waals surface area (Å²) in [4.78, 5) is 24.7. The van der Waals surface area contributed by atoms with Crippen LogP contribution < -0.4 is 14.2 Å². The number of aromatic hydroxyl groups is 1. The zero-order valence-electron chi connectivity index (χ0n) is 18.1. The smallest absolute Gasteiger partial charge is 0.301 e. The van der Waals surface area contributed by atoms with E-state index in [1.807, 2.05) is 0 Å². The van der Waals surface area contributed by atoms with E-state index < -0.39 is 47.2 Å². The van der Waals surface area contributed by atoms with Gasteiger partial charge in [-0.2, -0.15) is 18.1 Å². The van der Waals surface area contributed by atoms with E-state index in [1.165, 1.54) is 41.5 Å². The first-order valence-corrected chi connectivity index (χ1v) is 12.2. The van der Waals surface area contributed by atoms with E-state index in [4.69, 9.17) is 9.47 Å². The number of carbonyl (C=O) groups is 1. The maximum absolute atomic E-state index is 12.3. The third kappa shape index (κ3) is 4.76. The molecule has 1 amide bonds. The minimum Gasteiger partial charge on any atom is -0.507 e. The van der Waals surface area contributed by atoms with E-state index in [0.717, 1.165) is 12.8 Å². The van der Waals surface area contributed by atoms with Gasteiger partial charge in [-0.3, -0.25) is 9.36 Å². The van der Waals surface area contributed by atoms with E-state index in [2.05, 4.69) is 19.7 Å². The fraction of sp³-hybridized carbons (Fsp3) is 0.400. The van der Waals surface area contributed by atoms with Gasteiger partial charge in [0.2, 0.25) is 5.88 Å². The van der Waals surface area contributed by atoms with Crippen LogP contribution in [0.2, 0.25) is 0 Å². The Morgan fingerprint density at radius 3 is 2.69 bits per heavy atom. The molecule has 3 heterocycles. The molecule has 1 aliphatic heterocycles. The molecule has 2 aromatic heterocycles. The van der Waals surface area contributed by atoms with Crippen LogP contribution in [0.3, 0.4) is 0 Å². The first kappa shape index (κ1) is 23.4. The Labute approximate surface area is 198 Å². The summed E-state index contributed by atoms with van der Waals surface area (Å²) in [6, 6.07) is 5.44. The Balaban J connectivity index is 1.26. The SMILES string of the molecule is O=C(NS(=O)(=O)NC[C@H]1O[C@@H](n2cnc3c(OC4CC4)ncnc32)[C@H](O)[C@@H]1O)c1ccccc1O. The number of amides is 1. The Morgan fingerprint density at radius 2 is 1.94 bits per heavy atom. The zero-order valence-corrected chi connectivity index (χ0v) is 18.9. The van der Waals surface area contributed by atoms with Gasteiger partial charge in [0.1, 0.15) is 36.5 Å². The van der Waals surface area contributed by atoms with Gasteiger partial charge in [0.05, 0.1) is 11.9 Å². The summed E-state index contributed by atoms with van der Waals surface area (Å²) in [7, 11) is -4.38. The molecule has 0 radical (unpaired) electrons. The van der Waals surface area contributed by atoms with E-state index in [-0.39, 0.29) is 17.4 Å². The molecule has 15 heteroatoms. The number of ether oxygens (including phenoxy) is 2. The summed E-state index contributed by atoms with van der Waals surface area (Å²) < 4.78 is 41.3. The highest BCUT2D eigenvalue weighted by Gasteiger charge is 2.44. The molecule has 5 rings (SSSR count). The molecule has 186 valence electrons. The van der Waals surface area contributed by atoms with Crippen molar-refractivity contribution in [2.24, 2.45) is 0 Å². The van der Waals surface area contributed by atoms with Gasteiger partial charge in [0, 0.05) is 6.54 Å². The van der Waals surface area contributed by atoms with Gasteiger partial charge in [0.15, 0.2) is 17.4 Å². The number of nitrogens with zero attached hydrogens (tertiary/aromatic N) is 4. The van der Waals surface area contributed by atoms with Crippen LogP contribution in [0.5, 0.6) is 11.6 Å². The van der Waals surface area contributed by atoms with Crippen molar-refractivity contribution in [1.29, 1.82) is 0 Å². The molecule has 0 bridgehead atoms. The van der Waals surface area contributed by atoms with Gasteiger partial charge in [-0.05, 0) is 25.0 Å². The largest absolute Gasteiger partial charge is 0.507 e. The number of benzene rings is 1. The fourth-order valence-corrected chi connectivity index (χ4v) is 4.45. The standard InChI is InChI=1S/C20H22N6O8S/c27-12-4-2-1-3-11(12)18(30)25-35(31,32)24-7-13-15(28)16(29)20(34-13)26-9-23-14-17(26)21-8-22-19(14)33-10-5-6-10/h1-4,8-10,13,15-16,20,24,27-29H,5-7H2,(H,25,30)/t13-,15-,16-,20-/m1/s1. The molecular weight excluding hydrogens is 484 g/mol. The van der Waals surface area contributed by atoms with Crippen LogP contribution >= 0.6 is 0 Å². The van der Waals surface area contributed by atoms with Crippen molar-refractivity contribution in [3.8, 4) is 11.6 Å². The van der Waals surface area contributed by atoms with Crippen LogP contribution in [0.15, 0.2) is 36.9 Å². The molecule has 0 unspecified atom stereocenters. The summed E-state index contributed by atoms with van der Waals surface area (Å²) in [5.41, 5.74) is 0.438. The van der Waals surface area contributed by atoms with Crippen LogP contribution in [-0.4, -0.2) is 80.1 Å². The quantitative estimate of drug-likeness (QED) is 0.250. The molecule has 1 aliphatic carbocycles. The Morgan fingerprint density at radius 1 is 1.17 bits per heavy atom. The lowest BCUT2D eigenvalue weighted by Gasteiger charge is -2.16. The van der Waals surface area contributed by atoms with Crippen molar-refractivity contribution >= 4 is 27.3 Å². The molecule has 2 fully saturated rings. The van der Waals surface area contributed by atoms with Crippen molar-refractivity contribution in [2.45, 2.75) is 43.5 Å². The summed E-state index contributed by atoms with van der Waals surface area (Å²) >= 11 is 0. The number of hydrogen-bond donors (Lipinski definition) is 5. The van der Waals surface area contributed by atoms with Crippen molar-refractivity contribution in [3.63, 3.8) is 0 Å². The maximum atomic E-state index is 12.3. The summed E-state index contributed by atoms with van der Waals surface area (Å²) in [5.74, 6) is -1.13. The number of carbonyl (C=O) groups excluding carboxylic acids is 1. The maximum Gasteiger partial charge on any atom is 0.301 e. The second-order valence-electron chi connectivity index (χ2n) is 8.17. The number of hydrogen-bond acceptors (Lipinski definition) is 11. The zero-order chi connectivity index (χ0) is 24.7. The normalized spacial score (nSPS) is 24.5. The number of imidazole rings is 1. The number of nitrogens with one attached hydrogen (secondary N) is 2. The lowest BCUT2D eigenvalue weighted by atomic mass is 10.1. The van der Waals surface area contributed by atoms with Gasteiger partial charge in [-0.1, -0.05) is 12.1 Å².